The van der Waals surface area contributed by atoms with Crippen molar-refractivity contribution in [2.75, 3.05) is 57.6 Å². The first-order valence-electron chi connectivity index (χ1n) is 37.0. The maximum Gasteiger partial charge on any atom is 0.312 e. The predicted molar refractivity (Wildman–Crippen MR) is 402 cm³/mol. The first kappa shape index (κ1) is 79.9. The normalized spacial score (nSPS) is 25.4. The molecule has 11 rings (SSSR count). The smallest absolute Gasteiger partial charge is 0.312 e. The number of benzene rings is 4. The number of nitrogens with zero attached hydrogens (tertiary/aromatic N) is 4. The molecular formula is C81H101N7O19. The lowest BCUT2D eigenvalue weighted by Crippen LogP contribution is -2.51. The molecule has 7 heterocycles. The Bertz CT molecular complexity index is 4550. The molecule has 0 saturated carbocycles. The third kappa shape index (κ3) is 17.7. The van der Waals surface area contributed by atoms with E-state index in [4.69, 9.17) is 43.6 Å². The van der Waals surface area contributed by atoms with Crippen molar-refractivity contribution in [3.63, 3.8) is 0 Å². The van der Waals surface area contributed by atoms with Crippen molar-refractivity contribution in [2.24, 2.45) is 47.2 Å². The Labute approximate surface area is 621 Å². The molecule has 1 aromatic heterocycles. The summed E-state index contributed by atoms with van der Waals surface area (Å²) in [6.45, 7) is 18.9. The summed E-state index contributed by atoms with van der Waals surface area (Å²) in [4.78, 5) is 146. The Hall–Kier alpha value is -9.63. The molecule has 7 bridgehead atoms. The number of Topliss-reactive ketones (excluding diaryl/α,β-unsaturated/α-hetero) is 3. The molecule has 574 valence electrons. The minimum Gasteiger partial charge on any atom is -0.507 e. The second-order valence-electron chi connectivity index (χ2n) is 30.0. The van der Waals surface area contributed by atoms with Crippen molar-refractivity contribution in [1.82, 2.24) is 20.1 Å². The quantitative estimate of drug-likeness (QED) is 0.0126. The Morgan fingerprint density at radius 1 is 0.850 bits per heavy atom. The number of primary amides is 1. The van der Waals surface area contributed by atoms with E-state index in [1.54, 1.807) is 55.5 Å². The van der Waals surface area contributed by atoms with Crippen molar-refractivity contribution >= 4 is 97.2 Å². The van der Waals surface area contributed by atoms with E-state index in [9.17, 15) is 53.4 Å². The Morgan fingerprint density at radius 3 is 2.20 bits per heavy atom. The number of methoxy groups -OCH3 is 1. The van der Waals surface area contributed by atoms with E-state index in [0.29, 0.717) is 61.6 Å². The Morgan fingerprint density at radius 2 is 1.54 bits per heavy atom. The van der Waals surface area contributed by atoms with Crippen LogP contribution >= 0.6 is 0 Å². The Balaban J connectivity index is 0.955. The first-order chi connectivity index (χ1) is 50.8. The van der Waals surface area contributed by atoms with E-state index >= 15 is 4.79 Å². The number of esters is 1. The van der Waals surface area contributed by atoms with Crippen LogP contribution in [0.2, 0.25) is 0 Å². The highest BCUT2D eigenvalue weighted by molar-refractivity contribution is 6.17. The fourth-order valence-electron chi connectivity index (χ4n) is 15.6. The maximum atomic E-state index is 15.3. The molecule has 0 spiro atoms. The lowest BCUT2D eigenvalue weighted by molar-refractivity contribution is -0.293. The number of ether oxygens (including phenoxy) is 6. The number of aromatic hydroxyl groups is 1. The van der Waals surface area contributed by atoms with Crippen LogP contribution < -0.4 is 42.1 Å². The van der Waals surface area contributed by atoms with Gasteiger partial charge in [0.2, 0.25) is 10.9 Å². The summed E-state index contributed by atoms with van der Waals surface area (Å²) in [6.07, 6.45) is 10.3. The lowest BCUT2D eigenvalue weighted by atomic mass is 9.77. The number of hydrogen-bond donors (Lipinski definition) is 5. The number of rotatable bonds is 24. The number of nitrogens with one attached hydrogen (secondary N) is 2. The number of unbranched alkanes of at least 4 members (excludes halogenated alkanes) is 2. The molecule has 12 atom stereocenters. The van der Waals surface area contributed by atoms with Gasteiger partial charge in [0.1, 0.15) is 46.2 Å². The zero-order valence-electron chi connectivity index (χ0n) is 63.3. The van der Waals surface area contributed by atoms with E-state index in [1.807, 2.05) is 61.7 Å². The molecule has 26 nitrogen and oxygen atoms in total. The number of aliphatic hydroxyl groups excluding tert-OH is 1. The molecule has 26 heteroatoms. The predicted octanol–water partition coefficient (Wildman–Crippen LogP) is 9.70. The van der Waals surface area contributed by atoms with Crippen molar-refractivity contribution < 1.29 is 81.4 Å². The van der Waals surface area contributed by atoms with E-state index in [1.165, 1.54) is 52.4 Å². The molecule has 0 radical (unpaired) electrons. The Kier molecular flexibility index (Phi) is 25.5. The fraction of sp³-hybridized carbons (Fsp3) is 0.519. The number of hydrogen-bond acceptors (Lipinski definition) is 22. The van der Waals surface area contributed by atoms with E-state index in [2.05, 4.69) is 20.4 Å². The number of urea groups is 1. The number of ketones is 3. The molecule has 2 fully saturated rings. The van der Waals surface area contributed by atoms with Gasteiger partial charge in [-0.1, -0.05) is 90.5 Å². The highest BCUT2D eigenvalue weighted by Crippen LogP contribution is 2.45. The number of piperidine rings is 1. The number of carbonyl (C=O) groups excluding carboxylic acids is 8. The standard InChI is InChI=1S/C81H101N7O19/c1-42(2)56(41-55(90)22-15-14-16-33-88-62(94)27-28-63(88)95)58(92)38-52(21-18-32-83-80(82)100)57(91)37-50-23-25-51(26-24-50)79-105-72-43(3)19-17-20-44(4)78(99)85-69-71(97)65-64(68-76(69)104-61-40-54(39-59(93)67(61)84-68)87-34-29-53(30-35-87)86(11)12)66-75(46(6)70(65)96)107-81(10,77(66)98)102-36-31-60(101-13)45(5)73(103-49(9)89)48(8)74(106-79)47(72)7/h17,19-20,23-28,31,36,39-40,42-43,45,47-48,52-53,56,60,72-74,79,96,98H,14-16,18,21-22,29-30,32-35,37-38,41H2,1-13H3,(H,85,99)(H3,82,83,100)/b19-17+,36-31+,44-20-/t43-,45+,47+,48-,52+,56-,60-,72-,73+,74+,79?,81-/m0/s1. The average Bonchev–Trinajstić information content (AvgIpc) is 1.64. The monoisotopic (exact) mass is 1480 g/mol. The molecule has 5 aromatic rings. The number of aromatic nitrogens is 1. The number of nitrogens with two attached hydrogens (primary N) is 1. The van der Waals surface area contributed by atoms with Gasteiger partial charge in [-0.2, -0.15) is 0 Å². The largest absolute Gasteiger partial charge is 0.507 e. The van der Waals surface area contributed by atoms with Gasteiger partial charge in [-0.15, -0.1) is 0 Å². The number of amides is 5. The van der Waals surface area contributed by atoms with Gasteiger partial charge in [0.15, 0.2) is 28.7 Å². The zero-order chi connectivity index (χ0) is 77.6. The molecule has 107 heavy (non-hydrogen) atoms. The van der Waals surface area contributed by atoms with Gasteiger partial charge < -0.3 is 69.2 Å². The van der Waals surface area contributed by atoms with Gasteiger partial charge in [-0.25, -0.2) is 9.78 Å². The third-order valence-electron chi connectivity index (χ3n) is 21.9. The van der Waals surface area contributed by atoms with Crippen molar-refractivity contribution in [3.05, 3.63) is 127 Å². The highest BCUT2D eigenvalue weighted by Gasteiger charge is 2.48. The maximum absolute atomic E-state index is 15.3. The number of fused-ring (bicyclic) bond motifs is 10. The fourth-order valence-corrected chi connectivity index (χ4v) is 15.6. The van der Waals surface area contributed by atoms with Gasteiger partial charge in [-0.05, 0) is 84.0 Å². The summed E-state index contributed by atoms with van der Waals surface area (Å²) >= 11 is 0. The molecule has 2 saturated heterocycles. The average molecular weight is 1480 g/mol. The van der Waals surface area contributed by atoms with Gasteiger partial charge >= 0.3 is 17.8 Å². The number of carbonyl (C=O) groups is 8. The molecule has 6 aliphatic heterocycles. The van der Waals surface area contributed by atoms with Crippen LogP contribution in [0.4, 0.5) is 16.2 Å². The number of aliphatic hydroxyl groups is 1. The van der Waals surface area contributed by atoms with Crippen molar-refractivity contribution in [1.29, 1.82) is 0 Å². The molecule has 6 aliphatic rings. The van der Waals surface area contributed by atoms with Crippen molar-refractivity contribution in [3.8, 4) is 11.5 Å². The first-order valence-corrected chi connectivity index (χ1v) is 37.0. The van der Waals surface area contributed by atoms with E-state index < -0.39 is 118 Å². The minimum atomic E-state index is -2.05. The van der Waals surface area contributed by atoms with Crippen LogP contribution in [0.1, 0.15) is 150 Å². The van der Waals surface area contributed by atoms with Gasteiger partial charge in [0.25, 0.3) is 17.7 Å². The number of phenols is 1. The molecule has 5 amide bonds. The van der Waals surface area contributed by atoms with E-state index in [-0.39, 0.29) is 135 Å². The van der Waals surface area contributed by atoms with Crippen LogP contribution in [-0.2, 0) is 63.7 Å². The minimum absolute atomic E-state index is 0.000369. The van der Waals surface area contributed by atoms with Crippen LogP contribution in [0.3, 0.4) is 0 Å². The molecular weight excluding hydrogens is 1370 g/mol. The number of allylic oxidation sites excluding steroid dienone is 2. The van der Waals surface area contributed by atoms with Crippen LogP contribution in [0.5, 0.6) is 11.5 Å². The van der Waals surface area contributed by atoms with Crippen LogP contribution in [0.15, 0.2) is 98.7 Å². The highest BCUT2D eigenvalue weighted by atomic mass is 16.7. The third-order valence-corrected chi connectivity index (χ3v) is 21.9. The zero-order valence-corrected chi connectivity index (χ0v) is 63.3. The number of anilines is 2. The second kappa shape index (κ2) is 34.1. The number of phenolic OH excluding ortho intramolecular Hbond substituents is 1. The topological polar surface area (TPSA) is 352 Å². The van der Waals surface area contributed by atoms with Gasteiger partial charge in [-0.3, -0.25) is 48.1 Å². The molecule has 1 unspecified atom stereocenters. The van der Waals surface area contributed by atoms with Crippen molar-refractivity contribution in [2.45, 2.75) is 182 Å². The summed E-state index contributed by atoms with van der Waals surface area (Å²) in [6, 6.07) is 9.92. The van der Waals surface area contributed by atoms with E-state index in [0.717, 1.165) is 17.7 Å². The van der Waals surface area contributed by atoms with Crippen LogP contribution in [0, 0.1) is 48.3 Å². The van der Waals surface area contributed by atoms with Gasteiger partial charge in [0.05, 0.1) is 35.2 Å². The molecule has 0 aliphatic carbocycles. The van der Waals surface area contributed by atoms with Crippen LogP contribution in [0.25, 0.3) is 38.7 Å². The summed E-state index contributed by atoms with van der Waals surface area (Å²) in [7, 11) is 5.54. The summed E-state index contributed by atoms with van der Waals surface area (Å²) < 4.78 is 45.7. The lowest BCUT2D eigenvalue weighted by Gasteiger charge is -2.47. The van der Waals surface area contributed by atoms with Crippen LogP contribution in [-0.4, -0.2) is 156 Å². The molecule has 4 aromatic carbocycles. The summed E-state index contributed by atoms with van der Waals surface area (Å²) in [5.41, 5.74) is 5.01. The SMILES string of the molecule is CO[C@H]1/C=C/O[C@@]2(C)Oc3c(C)c(O)c4c(=O)c(c5oc6cc(N7CCC(N(C)C)CC7)cc(=O)c6nc5c4c3=C2O)NC(=O)/C(C)=C\C=C\[C@H](C)[C@@H]2OC(c3ccc(CC(=O)[C@H](CCCNC(N)=O)CC(=O)[C@@H](CC(=O)CCCCCN4C(=O)C=CC4=O)C(C)C)cc3)O[C@@H]([C@@H](C)[C@H](OC(C)=O)[C@@H]1C)[C@@H]2C. The number of imide groups is 1. The second-order valence-corrected chi connectivity index (χ2v) is 30.0. The van der Waals surface area contributed by atoms with Gasteiger partial charge in [0, 0.05) is 166 Å². The summed E-state index contributed by atoms with van der Waals surface area (Å²) in [5.74, 6) is -9.44. The molecule has 6 N–H and O–H groups in total. The summed E-state index contributed by atoms with van der Waals surface area (Å²) in [5, 5.41) is 29.4.